The van der Waals surface area contributed by atoms with Gasteiger partial charge >= 0.3 is 5.97 Å². The van der Waals surface area contributed by atoms with Gasteiger partial charge in [-0.3, -0.25) is 0 Å². The Morgan fingerprint density at radius 1 is 1.17 bits per heavy atom. The molecule has 0 amide bonds. The standard InChI is InChI=1S/C22H25N3O4/c1-5-8-19(22(26)27)29-20-13-15(11-12-18(20)28-4)25(3)21-16-9-6-7-10-17(16)23-14(2)24-21/h6-7,9-13,19H,5,8H2,1-4H3,(H,26,27). The van der Waals surface area contributed by atoms with Crippen LogP contribution < -0.4 is 14.4 Å². The molecule has 0 aliphatic heterocycles. The number of nitrogens with zero attached hydrogens (tertiary/aromatic N) is 3. The highest BCUT2D eigenvalue weighted by Gasteiger charge is 2.21. The van der Waals surface area contributed by atoms with Crippen LogP contribution in [0.4, 0.5) is 11.5 Å². The van der Waals surface area contributed by atoms with Gasteiger partial charge in [-0.25, -0.2) is 14.8 Å². The van der Waals surface area contributed by atoms with Gasteiger partial charge in [-0.2, -0.15) is 0 Å². The number of hydrogen-bond donors (Lipinski definition) is 1. The second-order valence-electron chi connectivity index (χ2n) is 6.74. The number of aryl methyl sites for hydroxylation is 1. The summed E-state index contributed by atoms with van der Waals surface area (Å²) in [4.78, 5) is 22.6. The molecule has 3 aromatic rings. The summed E-state index contributed by atoms with van der Waals surface area (Å²) in [5.41, 5.74) is 1.66. The van der Waals surface area contributed by atoms with E-state index in [-0.39, 0.29) is 0 Å². The van der Waals surface area contributed by atoms with Crippen molar-refractivity contribution in [3.63, 3.8) is 0 Å². The third kappa shape index (κ3) is 4.39. The predicted molar refractivity (Wildman–Crippen MR) is 112 cm³/mol. The Kier molecular flexibility index (Phi) is 6.16. The number of aliphatic carboxylic acids is 1. The Bertz CT molecular complexity index is 1020. The first kappa shape index (κ1) is 20.4. The van der Waals surface area contributed by atoms with Crippen LogP contribution in [0.15, 0.2) is 42.5 Å². The van der Waals surface area contributed by atoms with Gasteiger partial charge in [0.25, 0.3) is 0 Å². The predicted octanol–water partition coefficient (Wildman–Crippen LogP) is 4.35. The number of aromatic nitrogens is 2. The summed E-state index contributed by atoms with van der Waals surface area (Å²) < 4.78 is 11.2. The van der Waals surface area contributed by atoms with E-state index in [1.807, 2.05) is 56.1 Å². The average molecular weight is 395 g/mol. The average Bonchev–Trinajstić information content (AvgIpc) is 2.72. The molecule has 0 saturated heterocycles. The maximum Gasteiger partial charge on any atom is 0.344 e. The molecule has 0 saturated carbocycles. The van der Waals surface area contributed by atoms with Crippen molar-refractivity contribution < 1.29 is 19.4 Å². The normalized spacial score (nSPS) is 11.9. The minimum absolute atomic E-state index is 0.382. The molecular formula is C22H25N3O4. The first-order valence-corrected chi connectivity index (χ1v) is 9.49. The number of ether oxygens (including phenoxy) is 2. The van der Waals surface area contributed by atoms with E-state index in [0.717, 1.165) is 22.4 Å². The van der Waals surface area contributed by atoms with Gasteiger partial charge < -0.3 is 19.5 Å². The Labute approximate surface area is 169 Å². The van der Waals surface area contributed by atoms with Crippen molar-refractivity contribution in [1.82, 2.24) is 9.97 Å². The van der Waals surface area contributed by atoms with Crippen molar-refractivity contribution >= 4 is 28.4 Å². The molecule has 29 heavy (non-hydrogen) atoms. The molecule has 1 atom stereocenters. The van der Waals surface area contributed by atoms with Crippen molar-refractivity contribution in [2.24, 2.45) is 0 Å². The fourth-order valence-electron chi connectivity index (χ4n) is 3.17. The van der Waals surface area contributed by atoms with E-state index in [2.05, 4.69) is 9.97 Å². The fraction of sp³-hybridized carbons (Fsp3) is 0.318. The number of para-hydroxylation sites is 1. The largest absolute Gasteiger partial charge is 0.493 e. The highest BCUT2D eigenvalue weighted by Crippen LogP contribution is 2.36. The summed E-state index contributed by atoms with van der Waals surface area (Å²) in [7, 11) is 3.43. The number of anilines is 2. The van der Waals surface area contributed by atoms with E-state index in [0.29, 0.717) is 30.2 Å². The van der Waals surface area contributed by atoms with Gasteiger partial charge in [-0.05, 0) is 37.6 Å². The highest BCUT2D eigenvalue weighted by molar-refractivity contribution is 5.91. The first-order chi connectivity index (χ1) is 13.9. The van der Waals surface area contributed by atoms with Crippen LogP contribution in [0.25, 0.3) is 10.9 Å². The Balaban J connectivity index is 2.02. The maximum absolute atomic E-state index is 11.5. The van der Waals surface area contributed by atoms with E-state index >= 15 is 0 Å². The second kappa shape index (κ2) is 8.77. The quantitative estimate of drug-likeness (QED) is 0.607. The highest BCUT2D eigenvalue weighted by atomic mass is 16.5. The second-order valence-corrected chi connectivity index (χ2v) is 6.74. The van der Waals surface area contributed by atoms with E-state index in [1.54, 1.807) is 12.1 Å². The Morgan fingerprint density at radius 3 is 2.62 bits per heavy atom. The number of carboxylic acid groups (broad SMARTS) is 1. The number of methoxy groups -OCH3 is 1. The number of carbonyl (C=O) groups is 1. The molecule has 1 aromatic heterocycles. The zero-order valence-corrected chi connectivity index (χ0v) is 17.0. The zero-order valence-electron chi connectivity index (χ0n) is 17.0. The van der Waals surface area contributed by atoms with Gasteiger partial charge in [0, 0.05) is 24.2 Å². The number of fused-ring (bicyclic) bond motifs is 1. The molecule has 0 fully saturated rings. The summed E-state index contributed by atoms with van der Waals surface area (Å²) >= 11 is 0. The molecule has 1 unspecified atom stereocenters. The molecule has 0 radical (unpaired) electrons. The lowest BCUT2D eigenvalue weighted by atomic mass is 10.2. The molecule has 2 aromatic carbocycles. The third-order valence-corrected chi connectivity index (χ3v) is 4.64. The molecule has 7 heteroatoms. The number of carboxylic acids is 1. The van der Waals surface area contributed by atoms with Gasteiger partial charge in [-0.15, -0.1) is 0 Å². The van der Waals surface area contributed by atoms with Crippen molar-refractivity contribution in [3.8, 4) is 11.5 Å². The maximum atomic E-state index is 11.5. The minimum Gasteiger partial charge on any atom is -0.493 e. The first-order valence-electron chi connectivity index (χ1n) is 9.49. The summed E-state index contributed by atoms with van der Waals surface area (Å²) in [5.74, 6) is 1.29. The lowest BCUT2D eigenvalue weighted by Gasteiger charge is -2.23. The monoisotopic (exact) mass is 395 g/mol. The van der Waals surface area contributed by atoms with Gasteiger partial charge in [0.2, 0.25) is 0 Å². The summed E-state index contributed by atoms with van der Waals surface area (Å²) in [6, 6.07) is 13.2. The molecule has 3 rings (SSSR count). The van der Waals surface area contributed by atoms with E-state index in [9.17, 15) is 9.90 Å². The summed E-state index contributed by atoms with van der Waals surface area (Å²) in [5, 5.41) is 10.4. The van der Waals surface area contributed by atoms with Gasteiger partial charge in [-0.1, -0.05) is 25.5 Å². The summed E-state index contributed by atoms with van der Waals surface area (Å²) in [6.07, 6.45) is 0.177. The smallest absolute Gasteiger partial charge is 0.344 e. The fourth-order valence-corrected chi connectivity index (χ4v) is 3.17. The molecule has 7 nitrogen and oxygen atoms in total. The third-order valence-electron chi connectivity index (χ3n) is 4.64. The van der Waals surface area contributed by atoms with Crippen LogP contribution >= 0.6 is 0 Å². The van der Waals surface area contributed by atoms with Crippen LogP contribution in [-0.4, -0.2) is 41.3 Å². The van der Waals surface area contributed by atoms with Crippen molar-refractivity contribution in [2.45, 2.75) is 32.8 Å². The van der Waals surface area contributed by atoms with Crippen LogP contribution in [0.2, 0.25) is 0 Å². The molecule has 0 aliphatic rings. The van der Waals surface area contributed by atoms with Crippen LogP contribution in [0, 0.1) is 6.92 Å². The van der Waals surface area contributed by atoms with Gasteiger partial charge in [0.1, 0.15) is 11.6 Å². The Hall–Kier alpha value is -3.35. The van der Waals surface area contributed by atoms with Gasteiger partial charge in [0.15, 0.2) is 17.6 Å². The number of rotatable bonds is 8. The van der Waals surface area contributed by atoms with E-state index in [4.69, 9.17) is 9.47 Å². The van der Waals surface area contributed by atoms with Crippen molar-refractivity contribution in [3.05, 3.63) is 48.3 Å². The van der Waals surface area contributed by atoms with Crippen LogP contribution in [0.3, 0.4) is 0 Å². The molecule has 0 bridgehead atoms. The number of benzene rings is 2. The Morgan fingerprint density at radius 2 is 1.93 bits per heavy atom. The molecule has 1 heterocycles. The lowest BCUT2D eigenvalue weighted by Crippen LogP contribution is -2.27. The van der Waals surface area contributed by atoms with Gasteiger partial charge in [0.05, 0.1) is 12.6 Å². The molecule has 1 N–H and O–H groups in total. The van der Waals surface area contributed by atoms with Crippen LogP contribution in [0.5, 0.6) is 11.5 Å². The SMILES string of the molecule is CCCC(Oc1cc(N(C)c2nc(C)nc3ccccc23)ccc1OC)C(=O)O. The molecular weight excluding hydrogens is 370 g/mol. The lowest BCUT2D eigenvalue weighted by molar-refractivity contribution is -0.145. The van der Waals surface area contributed by atoms with Crippen LogP contribution in [0.1, 0.15) is 25.6 Å². The van der Waals surface area contributed by atoms with Crippen LogP contribution in [-0.2, 0) is 4.79 Å². The van der Waals surface area contributed by atoms with Crippen molar-refractivity contribution in [1.29, 1.82) is 0 Å². The zero-order chi connectivity index (χ0) is 21.0. The topological polar surface area (TPSA) is 84.8 Å². The summed E-state index contributed by atoms with van der Waals surface area (Å²) in [6.45, 7) is 3.78. The molecule has 0 aliphatic carbocycles. The minimum atomic E-state index is -0.995. The van der Waals surface area contributed by atoms with E-state index < -0.39 is 12.1 Å². The van der Waals surface area contributed by atoms with E-state index in [1.165, 1.54) is 7.11 Å². The molecule has 0 spiro atoms. The van der Waals surface area contributed by atoms with Crippen molar-refractivity contribution in [2.75, 3.05) is 19.1 Å². The number of hydrogen-bond acceptors (Lipinski definition) is 6. The molecule has 152 valence electrons.